The Morgan fingerprint density at radius 3 is 2.56 bits per heavy atom. The molecule has 1 aliphatic heterocycles. The molecule has 0 unspecified atom stereocenters. The van der Waals surface area contributed by atoms with Gasteiger partial charge in [0.15, 0.2) is 0 Å². The lowest BCUT2D eigenvalue weighted by atomic mass is 10.1. The number of aromatic nitrogens is 1. The van der Waals surface area contributed by atoms with E-state index >= 15 is 0 Å². The first-order valence-electron chi connectivity index (χ1n) is 11.6. The lowest BCUT2D eigenvalue weighted by molar-refractivity contribution is -0.117. The number of carbonyl (C=O) groups excluding carboxylic acids is 2. The first kappa shape index (κ1) is 23.6. The zero-order valence-electron chi connectivity index (χ0n) is 20.2. The molecule has 180 valence electrons. The second-order valence-electron chi connectivity index (χ2n) is 8.54. The number of rotatable bonds is 7. The fraction of sp³-hybridized carbons (Fsp3) is 0.385. The van der Waals surface area contributed by atoms with Gasteiger partial charge in [-0.3, -0.25) is 9.69 Å². The lowest BCUT2D eigenvalue weighted by Crippen LogP contribution is -2.48. The average Bonchev–Trinajstić information content (AvgIpc) is 3.19. The quantitative estimate of drug-likeness (QED) is 0.518. The van der Waals surface area contributed by atoms with E-state index in [0.717, 1.165) is 31.7 Å². The first-order valence-corrected chi connectivity index (χ1v) is 11.6. The van der Waals surface area contributed by atoms with Crippen LogP contribution in [0.4, 0.5) is 11.4 Å². The van der Waals surface area contributed by atoms with Crippen molar-refractivity contribution in [3.63, 3.8) is 0 Å². The number of carbonyl (C=O) groups is 2. The maximum atomic E-state index is 13.0. The van der Waals surface area contributed by atoms with E-state index in [1.165, 1.54) is 16.8 Å². The Bertz CT molecular complexity index is 1190. The summed E-state index contributed by atoms with van der Waals surface area (Å²) in [5, 5.41) is 3.65. The van der Waals surface area contributed by atoms with Gasteiger partial charge in [0.2, 0.25) is 5.91 Å². The summed E-state index contributed by atoms with van der Waals surface area (Å²) in [7, 11) is 1.58. The van der Waals surface area contributed by atoms with E-state index in [2.05, 4.69) is 52.1 Å². The van der Waals surface area contributed by atoms with Crippen LogP contribution in [-0.4, -0.2) is 68.2 Å². The zero-order valence-corrected chi connectivity index (χ0v) is 20.2. The monoisotopic (exact) mass is 464 g/mol. The number of aromatic amines is 1. The van der Waals surface area contributed by atoms with Crippen LogP contribution in [-0.2, 0) is 9.53 Å². The zero-order chi connectivity index (χ0) is 24.2. The molecule has 1 aliphatic rings. The Balaban J connectivity index is 1.46. The fourth-order valence-electron chi connectivity index (χ4n) is 4.39. The Labute approximate surface area is 199 Å². The summed E-state index contributed by atoms with van der Waals surface area (Å²) in [5.74, 6) is -0.0375. The minimum atomic E-state index is -0.505. The number of esters is 1. The topological polar surface area (TPSA) is 86.9 Å². The van der Waals surface area contributed by atoms with Gasteiger partial charge in [-0.15, -0.1) is 0 Å². The van der Waals surface area contributed by atoms with Gasteiger partial charge in [-0.05, 0) is 56.2 Å². The largest absolute Gasteiger partial charge is 0.497 e. The van der Waals surface area contributed by atoms with Crippen LogP contribution < -0.4 is 15.0 Å². The van der Waals surface area contributed by atoms with Crippen LogP contribution in [0.3, 0.4) is 0 Å². The van der Waals surface area contributed by atoms with Gasteiger partial charge in [-0.1, -0.05) is 12.1 Å². The third-order valence-electron chi connectivity index (χ3n) is 6.41. The molecule has 0 radical (unpaired) electrons. The number of hydrogen-bond donors (Lipinski definition) is 2. The Kier molecular flexibility index (Phi) is 7.07. The molecular weight excluding hydrogens is 432 g/mol. The van der Waals surface area contributed by atoms with Crippen molar-refractivity contribution >= 4 is 34.2 Å². The molecule has 4 rings (SSSR count). The van der Waals surface area contributed by atoms with E-state index in [9.17, 15) is 9.59 Å². The van der Waals surface area contributed by atoms with E-state index in [-0.39, 0.29) is 24.8 Å². The van der Waals surface area contributed by atoms with Crippen LogP contribution in [0.2, 0.25) is 0 Å². The Hall–Kier alpha value is -3.52. The second kappa shape index (κ2) is 10.2. The predicted molar refractivity (Wildman–Crippen MR) is 134 cm³/mol. The van der Waals surface area contributed by atoms with Gasteiger partial charge in [0.1, 0.15) is 11.4 Å². The number of hydrogen-bond acceptors (Lipinski definition) is 6. The summed E-state index contributed by atoms with van der Waals surface area (Å²) in [5.41, 5.74) is 5.23. The van der Waals surface area contributed by atoms with Gasteiger partial charge < -0.3 is 24.7 Å². The van der Waals surface area contributed by atoms with Crippen molar-refractivity contribution in [2.24, 2.45) is 0 Å². The van der Waals surface area contributed by atoms with Crippen molar-refractivity contribution < 1.29 is 19.1 Å². The van der Waals surface area contributed by atoms with Crippen molar-refractivity contribution in [3.8, 4) is 5.75 Å². The lowest BCUT2D eigenvalue weighted by Gasteiger charge is -2.36. The van der Waals surface area contributed by atoms with Crippen LogP contribution in [0.25, 0.3) is 10.9 Å². The number of nitrogens with one attached hydrogen (secondary N) is 2. The minimum absolute atomic E-state index is 0.172. The van der Waals surface area contributed by atoms with Gasteiger partial charge in [-0.25, -0.2) is 4.79 Å². The molecule has 3 aromatic rings. The van der Waals surface area contributed by atoms with E-state index < -0.39 is 5.97 Å². The normalized spacial score (nSPS) is 14.3. The van der Waals surface area contributed by atoms with Crippen LogP contribution >= 0.6 is 0 Å². The number of fused-ring (bicyclic) bond motifs is 1. The highest BCUT2D eigenvalue weighted by molar-refractivity contribution is 6.11. The third-order valence-corrected chi connectivity index (χ3v) is 6.41. The number of methoxy groups -OCH3 is 1. The molecule has 1 saturated heterocycles. The number of H-pyrrole nitrogens is 1. The highest BCUT2D eigenvalue weighted by Crippen LogP contribution is 2.31. The van der Waals surface area contributed by atoms with Gasteiger partial charge in [0.25, 0.3) is 0 Å². The number of nitrogens with zero attached hydrogens (tertiary/aromatic N) is 2. The van der Waals surface area contributed by atoms with E-state index in [0.29, 0.717) is 16.8 Å². The fourth-order valence-corrected chi connectivity index (χ4v) is 4.39. The maximum absolute atomic E-state index is 13.0. The van der Waals surface area contributed by atoms with Crippen LogP contribution in [0.1, 0.15) is 28.5 Å². The number of piperazine rings is 1. The van der Waals surface area contributed by atoms with Gasteiger partial charge >= 0.3 is 5.97 Å². The SMILES string of the molecule is CCOC(=O)c1[nH]c2ccc(OC)cc2c1NC(=O)CN1CCN(c2cccc(C)c2C)CC1. The predicted octanol–water partition coefficient (Wildman–Crippen LogP) is 3.73. The van der Waals surface area contributed by atoms with E-state index in [4.69, 9.17) is 9.47 Å². The molecule has 0 atom stereocenters. The standard InChI is InChI=1S/C26H32N4O4/c1-5-34-26(32)25-24(20-15-19(33-4)9-10-21(20)27-25)28-23(31)16-29-11-13-30(14-12-29)22-8-6-7-17(2)18(22)3/h6-10,15,27H,5,11-14,16H2,1-4H3,(H,28,31). The maximum Gasteiger partial charge on any atom is 0.356 e. The summed E-state index contributed by atoms with van der Waals surface area (Å²) >= 11 is 0. The van der Waals surface area contributed by atoms with Crippen molar-refractivity contribution in [2.45, 2.75) is 20.8 Å². The summed E-state index contributed by atoms with van der Waals surface area (Å²) in [4.78, 5) is 33.1. The highest BCUT2D eigenvalue weighted by atomic mass is 16.5. The molecular formula is C26H32N4O4. The molecule has 34 heavy (non-hydrogen) atoms. The van der Waals surface area contributed by atoms with Crippen LogP contribution in [0.15, 0.2) is 36.4 Å². The average molecular weight is 465 g/mol. The molecule has 2 aromatic carbocycles. The Morgan fingerprint density at radius 1 is 1.09 bits per heavy atom. The highest BCUT2D eigenvalue weighted by Gasteiger charge is 2.24. The Morgan fingerprint density at radius 2 is 1.85 bits per heavy atom. The van der Waals surface area contributed by atoms with Crippen molar-refractivity contribution in [1.29, 1.82) is 0 Å². The number of anilines is 2. The smallest absolute Gasteiger partial charge is 0.356 e. The molecule has 0 spiro atoms. The second-order valence-corrected chi connectivity index (χ2v) is 8.54. The molecule has 2 heterocycles. The van der Waals surface area contributed by atoms with E-state index in [1.807, 2.05) is 6.07 Å². The molecule has 1 aromatic heterocycles. The molecule has 0 saturated carbocycles. The number of ether oxygens (including phenoxy) is 2. The summed E-state index contributed by atoms with van der Waals surface area (Å²) in [6.45, 7) is 9.81. The minimum Gasteiger partial charge on any atom is -0.497 e. The number of amides is 1. The van der Waals surface area contributed by atoms with Crippen LogP contribution in [0, 0.1) is 13.8 Å². The number of aryl methyl sites for hydroxylation is 1. The molecule has 2 N–H and O–H groups in total. The van der Waals surface area contributed by atoms with Gasteiger partial charge in [-0.2, -0.15) is 0 Å². The van der Waals surface area contributed by atoms with Gasteiger partial charge in [0, 0.05) is 42.8 Å². The summed E-state index contributed by atoms with van der Waals surface area (Å²) < 4.78 is 10.5. The van der Waals surface area contributed by atoms with Crippen molar-refractivity contribution in [3.05, 3.63) is 53.2 Å². The molecule has 1 amide bonds. The van der Waals surface area contributed by atoms with E-state index in [1.54, 1.807) is 26.2 Å². The first-order chi connectivity index (χ1) is 16.4. The summed E-state index contributed by atoms with van der Waals surface area (Å²) in [6, 6.07) is 11.8. The summed E-state index contributed by atoms with van der Waals surface area (Å²) in [6.07, 6.45) is 0. The van der Waals surface area contributed by atoms with Gasteiger partial charge in [0.05, 0.1) is 25.9 Å². The number of benzene rings is 2. The third kappa shape index (κ3) is 4.87. The van der Waals surface area contributed by atoms with Crippen LogP contribution in [0.5, 0.6) is 5.75 Å². The molecule has 8 heteroatoms. The molecule has 0 bridgehead atoms. The molecule has 1 fully saturated rings. The molecule has 8 nitrogen and oxygen atoms in total. The molecule has 0 aliphatic carbocycles. The van der Waals surface area contributed by atoms with Crippen molar-refractivity contribution in [2.75, 3.05) is 56.7 Å². The van der Waals surface area contributed by atoms with Crippen molar-refractivity contribution in [1.82, 2.24) is 9.88 Å².